The molecule has 0 atom stereocenters. The third-order valence-electron chi connectivity index (χ3n) is 17.6. The first-order chi connectivity index (χ1) is 35.7. The van der Waals surface area contributed by atoms with E-state index in [0.717, 1.165) is 46.4 Å². The van der Waals surface area contributed by atoms with Crippen molar-refractivity contribution in [3.05, 3.63) is 254 Å². The van der Waals surface area contributed by atoms with Gasteiger partial charge >= 0.3 is 0 Å². The van der Waals surface area contributed by atoms with E-state index in [2.05, 4.69) is 252 Å². The van der Waals surface area contributed by atoms with Crippen molar-refractivity contribution in [2.75, 3.05) is 4.90 Å². The highest BCUT2D eigenvalue weighted by Gasteiger charge is 2.61. The molecule has 5 aliphatic rings. The number of para-hydroxylation sites is 2. The molecule has 16 rings (SSSR count). The van der Waals surface area contributed by atoms with E-state index in [1.807, 2.05) is 0 Å². The van der Waals surface area contributed by atoms with E-state index in [0.29, 0.717) is 0 Å². The van der Waals surface area contributed by atoms with E-state index >= 15 is 0 Å². The predicted octanol–water partition coefficient (Wildman–Crippen LogP) is 18.6. The molecule has 11 aromatic rings. The third kappa shape index (κ3) is 6.41. The van der Waals surface area contributed by atoms with Crippen LogP contribution in [0.1, 0.15) is 43.2 Å². The highest BCUT2D eigenvalue weighted by molar-refractivity contribution is 6.16. The topological polar surface area (TPSA) is 8.17 Å². The zero-order valence-corrected chi connectivity index (χ0v) is 40.3. The summed E-state index contributed by atoms with van der Waals surface area (Å²) >= 11 is 0. The minimum absolute atomic E-state index is 0.197. The van der Waals surface area contributed by atoms with Crippen LogP contribution in [-0.2, 0) is 5.41 Å². The monoisotopic (exact) mass is 922 g/mol. The van der Waals surface area contributed by atoms with Gasteiger partial charge in [-0.2, -0.15) is 0 Å². The first kappa shape index (κ1) is 41.6. The fourth-order valence-electron chi connectivity index (χ4n) is 14.8. The quantitative estimate of drug-likeness (QED) is 0.147. The van der Waals surface area contributed by atoms with Gasteiger partial charge in [0.15, 0.2) is 0 Å². The summed E-state index contributed by atoms with van der Waals surface area (Å²) in [4.78, 5) is 2.44. The minimum Gasteiger partial charge on any atom is -0.310 e. The first-order valence-electron chi connectivity index (χ1n) is 26.2. The number of hydrogen-bond donors (Lipinski definition) is 0. The van der Waals surface area contributed by atoms with Crippen molar-refractivity contribution in [3.63, 3.8) is 0 Å². The Hall–Kier alpha value is -8.20. The Morgan fingerprint density at radius 1 is 0.347 bits per heavy atom. The molecule has 1 aromatic heterocycles. The minimum atomic E-state index is 0.197. The van der Waals surface area contributed by atoms with Gasteiger partial charge in [-0.15, -0.1) is 0 Å². The van der Waals surface area contributed by atoms with Crippen LogP contribution in [0, 0.1) is 23.7 Å². The lowest BCUT2D eigenvalue weighted by molar-refractivity contribution is -0.0399. The van der Waals surface area contributed by atoms with Gasteiger partial charge in [-0.3, -0.25) is 0 Å². The number of nitrogens with zero attached hydrogens (tertiary/aromatic N) is 2. The molecule has 5 aliphatic carbocycles. The molecule has 0 aliphatic heterocycles. The lowest BCUT2D eigenvalue weighted by atomic mass is 9.43. The molecule has 2 nitrogen and oxygen atoms in total. The Morgan fingerprint density at radius 2 is 0.819 bits per heavy atom. The molecule has 72 heavy (non-hydrogen) atoms. The normalized spacial score (nSPS) is 20.3. The molecule has 4 bridgehead atoms. The van der Waals surface area contributed by atoms with Crippen molar-refractivity contribution >= 4 is 38.9 Å². The Labute approximate surface area is 422 Å². The molecule has 2 heteroatoms. The standard InChI is InChI=1S/C70H54N2/c1-3-14-48(15-4-1)49-28-33-59(34-29-49)71(67-26-13-27-68-69(67)62-23-8-10-25-66(62)72(68)58-20-5-2-6-21-58)60-35-30-50(31-36-60)51-16-11-17-52(43-51)53-18-12-19-54(44-53)55-32-37-65-63(45-55)61-22-7-9-24-64(61)70(65)56-39-46-38-47(41-56)42-57(70)40-46/h1-37,43-47,56-57H,38-42H2. The summed E-state index contributed by atoms with van der Waals surface area (Å²) in [6, 6.07) is 90.5. The maximum Gasteiger partial charge on any atom is 0.0562 e. The molecule has 0 unspecified atom stereocenters. The smallest absolute Gasteiger partial charge is 0.0562 e. The van der Waals surface area contributed by atoms with Crippen molar-refractivity contribution in [1.29, 1.82) is 0 Å². The zero-order valence-electron chi connectivity index (χ0n) is 40.3. The predicted molar refractivity (Wildman–Crippen MR) is 300 cm³/mol. The number of fused-ring (bicyclic) bond motifs is 6. The lowest BCUT2D eigenvalue weighted by Crippen LogP contribution is -2.55. The summed E-state index contributed by atoms with van der Waals surface area (Å²) in [6.07, 6.45) is 7.13. The number of rotatable bonds is 8. The fourth-order valence-corrected chi connectivity index (χ4v) is 14.8. The molecule has 0 saturated heterocycles. The SMILES string of the molecule is c1ccc(-c2ccc(N(c3ccc(-c4cccc(-c5cccc(-c6ccc7c(c6)-c6ccccc6C76C7CC8CC(C7)CC6C8)c5)c4)cc3)c3cccc4c3c3ccccc3n4-c3ccccc3)cc2)cc1. The summed E-state index contributed by atoms with van der Waals surface area (Å²) in [5, 5.41) is 2.45. The molecular weight excluding hydrogens is 869 g/mol. The van der Waals surface area contributed by atoms with Gasteiger partial charge in [-0.05, 0) is 195 Å². The van der Waals surface area contributed by atoms with Crippen LogP contribution in [0.3, 0.4) is 0 Å². The van der Waals surface area contributed by atoms with Crippen LogP contribution in [0.2, 0.25) is 0 Å². The van der Waals surface area contributed by atoms with E-state index in [1.54, 1.807) is 11.1 Å². The van der Waals surface area contributed by atoms with Crippen molar-refractivity contribution in [3.8, 4) is 61.3 Å². The van der Waals surface area contributed by atoms with E-state index in [9.17, 15) is 0 Å². The lowest BCUT2D eigenvalue weighted by Gasteiger charge is -2.61. The second kappa shape index (κ2) is 16.4. The van der Waals surface area contributed by atoms with Crippen LogP contribution in [0.4, 0.5) is 17.1 Å². The van der Waals surface area contributed by atoms with Crippen molar-refractivity contribution in [1.82, 2.24) is 4.57 Å². The number of hydrogen-bond acceptors (Lipinski definition) is 1. The van der Waals surface area contributed by atoms with Crippen LogP contribution in [0.5, 0.6) is 0 Å². The molecule has 344 valence electrons. The average molecular weight is 923 g/mol. The highest BCUT2D eigenvalue weighted by atomic mass is 15.1. The van der Waals surface area contributed by atoms with Gasteiger partial charge in [-0.25, -0.2) is 0 Å². The summed E-state index contributed by atoms with van der Waals surface area (Å²) in [5.74, 6) is 3.45. The van der Waals surface area contributed by atoms with Gasteiger partial charge in [0.05, 0.1) is 16.7 Å². The molecule has 10 aromatic carbocycles. The average Bonchev–Trinajstić information content (AvgIpc) is 3.94. The molecule has 1 heterocycles. The van der Waals surface area contributed by atoms with Crippen LogP contribution in [0.25, 0.3) is 83.1 Å². The van der Waals surface area contributed by atoms with Crippen molar-refractivity contribution < 1.29 is 0 Å². The van der Waals surface area contributed by atoms with Gasteiger partial charge in [0, 0.05) is 33.2 Å². The van der Waals surface area contributed by atoms with E-state index in [4.69, 9.17) is 0 Å². The molecule has 0 amide bonds. The first-order valence-corrected chi connectivity index (χ1v) is 26.2. The summed E-state index contributed by atoms with van der Waals surface area (Å²) in [7, 11) is 0. The second-order valence-corrected chi connectivity index (χ2v) is 21.3. The van der Waals surface area contributed by atoms with Gasteiger partial charge in [0.1, 0.15) is 0 Å². The van der Waals surface area contributed by atoms with E-state index in [1.165, 1.54) is 110 Å². The number of benzene rings is 10. The molecule has 0 N–H and O–H groups in total. The molecule has 4 saturated carbocycles. The molecule has 4 fully saturated rings. The van der Waals surface area contributed by atoms with Crippen LogP contribution in [-0.4, -0.2) is 4.57 Å². The van der Waals surface area contributed by atoms with Crippen molar-refractivity contribution in [2.45, 2.75) is 37.5 Å². The Morgan fingerprint density at radius 3 is 1.49 bits per heavy atom. The summed E-state index contributed by atoms with van der Waals surface area (Å²) in [5.41, 5.74) is 23.1. The largest absolute Gasteiger partial charge is 0.310 e. The number of anilines is 3. The van der Waals surface area contributed by atoms with Crippen LogP contribution in [0.15, 0.2) is 243 Å². The van der Waals surface area contributed by atoms with Gasteiger partial charge in [0.2, 0.25) is 0 Å². The summed E-state index contributed by atoms with van der Waals surface area (Å²) < 4.78 is 2.40. The Kier molecular flexibility index (Phi) is 9.49. The molecule has 0 radical (unpaired) electrons. The third-order valence-corrected chi connectivity index (χ3v) is 17.6. The maximum atomic E-state index is 2.55. The molecule has 1 spiro atoms. The van der Waals surface area contributed by atoms with Gasteiger partial charge in [-0.1, -0.05) is 170 Å². The fraction of sp³-hybridized carbons (Fsp3) is 0.143. The Bertz CT molecular complexity index is 3830. The second-order valence-electron chi connectivity index (χ2n) is 21.3. The molecular formula is C70H54N2. The van der Waals surface area contributed by atoms with Gasteiger partial charge < -0.3 is 9.47 Å². The zero-order chi connectivity index (χ0) is 47.3. The van der Waals surface area contributed by atoms with Crippen LogP contribution >= 0.6 is 0 Å². The van der Waals surface area contributed by atoms with E-state index < -0.39 is 0 Å². The van der Waals surface area contributed by atoms with Crippen molar-refractivity contribution in [2.24, 2.45) is 23.7 Å². The van der Waals surface area contributed by atoms with Gasteiger partial charge in [0.25, 0.3) is 0 Å². The summed E-state index contributed by atoms with van der Waals surface area (Å²) in [6.45, 7) is 0. The van der Waals surface area contributed by atoms with Crippen LogP contribution < -0.4 is 4.90 Å². The maximum absolute atomic E-state index is 2.55. The Balaban J connectivity index is 0.785. The highest BCUT2D eigenvalue weighted by Crippen LogP contribution is 2.69. The number of aromatic nitrogens is 1. The van der Waals surface area contributed by atoms with E-state index in [-0.39, 0.29) is 5.41 Å².